The summed E-state index contributed by atoms with van der Waals surface area (Å²) in [6.45, 7) is 2.96. The summed E-state index contributed by atoms with van der Waals surface area (Å²) in [7, 11) is 0. The number of amides is 1. The molecule has 0 spiro atoms. The van der Waals surface area contributed by atoms with E-state index in [4.69, 9.17) is 0 Å². The van der Waals surface area contributed by atoms with Gasteiger partial charge in [0.15, 0.2) is 0 Å². The number of halogens is 1. The summed E-state index contributed by atoms with van der Waals surface area (Å²) in [6.07, 6.45) is 3.52. The quantitative estimate of drug-likeness (QED) is 0.666. The number of likely N-dealkylation sites (tertiary alicyclic amines) is 1. The fraction of sp³-hybridized carbons (Fsp3) is 0.381. The Kier molecular flexibility index (Phi) is 5.92. The Hall–Kier alpha value is -2.38. The molecule has 1 aromatic heterocycles. The standard InChI is InChI=1S/C21H23FN4OS/c22-17-5-1-2-6-18(17)23-21(27)10-8-15-4-3-11-26(13-15)14-16-7-9-19-20(12-16)25-28-24-19/h1-2,5-7,9,12,15H,3-4,8,10-11,13-14H2,(H,23,27). The van der Waals surface area contributed by atoms with Crippen LogP contribution in [-0.4, -0.2) is 32.6 Å². The average Bonchev–Trinajstić information content (AvgIpc) is 3.16. The third-order valence-corrected chi connectivity index (χ3v) is 5.81. The zero-order chi connectivity index (χ0) is 19.3. The second-order valence-electron chi connectivity index (χ2n) is 7.40. The van der Waals surface area contributed by atoms with Crippen LogP contribution < -0.4 is 5.32 Å². The van der Waals surface area contributed by atoms with Gasteiger partial charge in [-0.2, -0.15) is 8.75 Å². The molecule has 0 aliphatic carbocycles. The maximum absolute atomic E-state index is 13.7. The van der Waals surface area contributed by atoms with Crippen molar-refractivity contribution in [3.63, 3.8) is 0 Å². The van der Waals surface area contributed by atoms with Gasteiger partial charge in [-0.05, 0) is 61.6 Å². The number of fused-ring (bicyclic) bond motifs is 1. The molecule has 1 aliphatic heterocycles. The van der Waals surface area contributed by atoms with Crippen molar-refractivity contribution < 1.29 is 9.18 Å². The lowest BCUT2D eigenvalue weighted by molar-refractivity contribution is -0.116. The van der Waals surface area contributed by atoms with Gasteiger partial charge in [0, 0.05) is 19.5 Å². The second-order valence-corrected chi connectivity index (χ2v) is 7.93. The van der Waals surface area contributed by atoms with Crippen molar-refractivity contribution in [2.75, 3.05) is 18.4 Å². The minimum absolute atomic E-state index is 0.122. The van der Waals surface area contributed by atoms with Crippen molar-refractivity contribution in [2.24, 2.45) is 5.92 Å². The topological polar surface area (TPSA) is 58.1 Å². The molecule has 1 N–H and O–H groups in total. The SMILES string of the molecule is O=C(CCC1CCCN(Cc2ccc3nsnc3c2)C1)Nc1ccccc1F. The normalized spacial score (nSPS) is 17.7. The lowest BCUT2D eigenvalue weighted by Gasteiger charge is -2.32. The van der Waals surface area contributed by atoms with Gasteiger partial charge in [-0.15, -0.1) is 0 Å². The molecule has 28 heavy (non-hydrogen) atoms. The molecule has 7 heteroatoms. The Balaban J connectivity index is 1.27. The van der Waals surface area contributed by atoms with Crippen LogP contribution in [0.25, 0.3) is 11.0 Å². The highest BCUT2D eigenvalue weighted by atomic mass is 32.1. The number of anilines is 1. The molecule has 1 fully saturated rings. The Morgan fingerprint density at radius 3 is 2.96 bits per heavy atom. The molecule has 0 radical (unpaired) electrons. The van der Waals surface area contributed by atoms with E-state index in [0.717, 1.165) is 49.9 Å². The Labute approximate surface area is 167 Å². The van der Waals surface area contributed by atoms with Crippen LogP contribution >= 0.6 is 11.7 Å². The number of piperidine rings is 1. The van der Waals surface area contributed by atoms with E-state index in [1.165, 1.54) is 23.4 Å². The lowest BCUT2D eigenvalue weighted by Crippen LogP contribution is -2.35. The van der Waals surface area contributed by atoms with Crippen LogP contribution in [0, 0.1) is 11.7 Å². The monoisotopic (exact) mass is 398 g/mol. The predicted octanol–water partition coefficient (Wildman–Crippen LogP) is 4.46. The van der Waals surface area contributed by atoms with Crippen LogP contribution in [0.2, 0.25) is 0 Å². The van der Waals surface area contributed by atoms with Crippen molar-refractivity contribution >= 4 is 34.4 Å². The van der Waals surface area contributed by atoms with Crippen LogP contribution in [0.3, 0.4) is 0 Å². The van der Waals surface area contributed by atoms with Crippen LogP contribution in [0.15, 0.2) is 42.5 Å². The van der Waals surface area contributed by atoms with E-state index >= 15 is 0 Å². The van der Waals surface area contributed by atoms with Crippen LogP contribution in [0.1, 0.15) is 31.2 Å². The van der Waals surface area contributed by atoms with E-state index in [2.05, 4.69) is 31.1 Å². The number of benzene rings is 2. The van der Waals surface area contributed by atoms with E-state index in [0.29, 0.717) is 12.3 Å². The molecule has 4 rings (SSSR count). The summed E-state index contributed by atoms with van der Waals surface area (Å²) < 4.78 is 22.2. The highest BCUT2D eigenvalue weighted by molar-refractivity contribution is 7.00. The van der Waals surface area contributed by atoms with E-state index in [9.17, 15) is 9.18 Å². The molecular weight excluding hydrogens is 375 g/mol. The first-order valence-electron chi connectivity index (χ1n) is 9.65. The Morgan fingerprint density at radius 1 is 1.21 bits per heavy atom. The van der Waals surface area contributed by atoms with Gasteiger partial charge >= 0.3 is 0 Å². The van der Waals surface area contributed by atoms with Gasteiger partial charge in [0.25, 0.3) is 0 Å². The minimum atomic E-state index is -0.396. The molecular formula is C21H23FN4OS. The third-order valence-electron chi connectivity index (χ3n) is 5.26. The molecule has 5 nitrogen and oxygen atoms in total. The summed E-state index contributed by atoms with van der Waals surface area (Å²) in [5.74, 6) is -0.0273. The first-order chi connectivity index (χ1) is 13.7. The number of rotatable bonds is 6. The minimum Gasteiger partial charge on any atom is -0.324 e. The third kappa shape index (κ3) is 4.72. The van der Waals surface area contributed by atoms with E-state index < -0.39 is 5.82 Å². The molecule has 2 aromatic carbocycles. The second kappa shape index (κ2) is 8.75. The highest BCUT2D eigenvalue weighted by Gasteiger charge is 2.21. The smallest absolute Gasteiger partial charge is 0.224 e. The number of carbonyl (C=O) groups is 1. The molecule has 1 unspecified atom stereocenters. The highest BCUT2D eigenvalue weighted by Crippen LogP contribution is 2.24. The predicted molar refractivity (Wildman–Crippen MR) is 110 cm³/mol. The molecule has 0 bridgehead atoms. The molecule has 3 aromatic rings. The molecule has 1 atom stereocenters. The van der Waals surface area contributed by atoms with Crippen LogP contribution in [0.5, 0.6) is 0 Å². The molecule has 0 saturated carbocycles. The number of hydrogen-bond acceptors (Lipinski definition) is 5. The lowest BCUT2D eigenvalue weighted by atomic mass is 9.93. The summed E-state index contributed by atoms with van der Waals surface area (Å²) in [4.78, 5) is 14.6. The van der Waals surface area contributed by atoms with Gasteiger partial charge in [0.05, 0.1) is 17.4 Å². The number of hydrogen-bond donors (Lipinski definition) is 1. The van der Waals surface area contributed by atoms with Crippen LogP contribution in [-0.2, 0) is 11.3 Å². The van der Waals surface area contributed by atoms with Crippen molar-refractivity contribution in [1.29, 1.82) is 0 Å². The molecule has 2 heterocycles. The molecule has 1 amide bonds. The van der Waals surface area contributed by atoms with Gasteiger partial charge in [-0.3, -0.25) is 9.69 Å². The zero-order valence-electron chi connectivity index (χ0n) is 15.6. The Morgan fingerprint density at radius 2 is 2.07 bits per heavy atom. The summed E-state index contributed by atoms with van der Waals surface area (Å²) in [6, 6.07) is 12.5. The number of carbonyl (C=O) groups excluding carboxylic acids is 1. The summed E-state index contributed by atoms with van der Waals surface area (Å²) >= 11 is 1.24. The first kappa shape index (κ1) is 19.0. The maximum Gasteiger partial charge on any atom is 0.224 e. The number of nitrogens with zero attached hydrogens (tertiary/aromatic N) is 3. The van der Waals surface area contributed by atoms with Gasteiger partial charge < -0.3 is 5.32 Å². The fourth-order valence-electron chi connectivity index (χ4n) is 3.83. The maximum atomic E-state index is 13.7. The summed E-state index contributed by atoms with van der Waals surface area (Å²) in [5.41, 5.74) is 3.41. The van der Waals surface area contributed by atoms with E-state index in [1.54, 1.807) is 18.2 Å². The number of aromatic nitrogens is 2. The molecule has 146 valence electrons. The van der Waals surface area contributed by atoms with Gasteiger partial charge in [0.1, 0.15) is 16.9 Å². The number of nitrogens with one attached hydrogen (secondary N) is 1. The van der Waals surface area contributed by atoms with E-state index in [-0.39, 0.29) is 11.6 Å². The van der Waals surface area contributed by atoms with Crippen molar-refractivity contribution in [3.8, 4) is 0 Å². The number of para-hydroxylation sites is 1. The van der Waals surface area contributed by atoms with Crippen molar-refractivity contribution in [1.82, 2.24) is 13.6 Å². The van der Waals surface area contributed by atoms with Crippen LogP contribution in [0.4, 0.5) is 10.1 Å². The zero-order valence-corrected chi connectivity index (χ0v) is 16.4. The summed E-state index contributed by atoms with van der Waals surface area (Å²) in [5, 5.41) is 2.68. The van der Waals surface area contributed by atoms with E-state index in [1.807, 2.05) is 6.07 Å². The Bertz CT molecular complexity index is 960. The average molecular weight is 399 g/mol. The molecule has 1 aliphatic rings. The van der Waals surface area contributed by atoms with Crippen molar-refractivity contribution in [3.05, 3.63) is 53.8 Å². The fourth-order valence-corrected chi connectivity index (χ4v) is 4.34. The van der Waals surface area contributed by atoms with Gasteiger partial charge in [0.2, 0.25) is 5.91 Å². The van der Waals surface area contributed by atoms with Gasteiger partial charge in [-0.25, -0.2) is 4.39 Å². The van der Waals surface area contributed by atoms with Crippen molar-refractivity contribution in [2.45, 2.75) is 32.2 Å². The first-order valence-corrected chi connectivity index (χ1v) is 10.4. The van der Waals surface area contributed by atoms with Gasteiger partial charge in [-0.1, -0.05) is 18.2 Å². The largest absolute Gasteiger partial charge is 0.324 e. The molecule has 1 saturated heterocycles.